The lowest BCUT2D eigenvalue weighted by atomic mass is 10.1. The number of amides is 1. The van der Waals surface area contributed by atoms with E-state index in [9.17, 15) is 4.79 Å². The average molecular weight is 410 g/mol. The van der Waals surface area contributed by atoms with Crippen molar-refractivity contribution >= 4 is 22.4 Å². The summed E-state index contributed by atoms with van der Waals surface area (Å²) in [4.78, 5) is 21.0. The van der Waals surface area contributed by atoms with Crippen molar-refractivity contribution < 1.29 is 14.3 Å². The number of rotatable bonds is 6. The SMILES string of the molecule is COc1ccc(C(=O)Nc2nc3c(s2)CN(Cc2ccccc2)CC3)c(OC)c1. The molecule has 1 aromatic heterocycles. The number of carbonyl (C=O) groups is 1. The standard InChI is InChI=1S/C22H23N3O3S/c1-27-16-8-9-17(19(12-16)28-2)21(26)24-22-23-18-10-11-25(14-20(18)29-22)13-15-6-4-3-5-7-15/h3-9,12H,10-11,13-14H2,1-2H3,(H,23,24,26). The molecule has 0 saturated carbocycles. The Morgan fingerprint density at radius 3 is 2.76 bits per heavy atom. The van der Waals surface area contributed by atoms with E-state index in [-0.39, 0.29) is 5.91 Å². The molecule has 0 spiro atoms. The van der Waals surface area contributed by atoms with Crippen molar-refractivity contribution in [2.24, 2.45) is 0 Å². The molecule has 7 heteroatoms. The molecule has 3 aromatic rings. The molecule has 2 aromatic carbocycles. The predicted molar refractivity (Wildman–Crippen MR) is 114 cm³/mol. The molecule has 1 amide bonds. The van der Waals surface area contributed by atoms with Gasteiger partial charge in [-0.05, 0) is 17.7 Å². The Bertz CT molecular complexity index is 1000. The molecule has 1 aliphatic rings. The summed E-state index contributed by atoms with van der Waals surface area (Å²) < 4.78 is 10.5. The van der Waals surface area contributed by atoms with Crippen LogP contribution in [-0.2, 0) is 19.5 Å². The molecular weight excluding hydrogens is 386 g/mol. The number of benzene rings is 2. The molecule has 0 saturated heterocycles. The molecule has 150 valence electrons. The minimum Gasteiger partial charge on any atom is -0.497 e. The Morgan fingerprint density at radius 2 is 2.00 bits per heavy atom. The first kappa shape index (κ1) is 19.4. The highest BCUT2D eigenvalue weighted by Gasteiger charge is 2.22. The van der Waals surface area contributed by atoms with Crippen LogP contribution in [0, 0.1) is 0 Å². The minimum absolute atomic E-state index is 0.239. The topological polar surface area (TPSA) is 63.7 Å². The van der Waals surface area contributed by atoms with E-state index in [1.165, 1.54) is 17.6 Å². The largest absolute Gasteiger partial charge is 0.497 e. The minimum atomic E-state index is -0.239. The molecule has 0 bridgehead atoms. The van der Waals surface area contributed by atoms with Gasteiger partial charge >= 0.3 is 0 Å². The molecule has 6 nitrogen and oxygen atoms in total. The van der Waals surface area contributed by atoms with Crippen molar-refractivity contribution in [2.45, 2.75) is 19.5 Å². The van der Waals surface area contributed by atoms with Gasteiger partial charge in [0.05, 0.1) is 25.5 Å². The van der Waals surface area contributed by atoms with Gasteiger partial charge in [-0.3, -0.25) is 15.0 Å². The fourth-order valence-corrected chi connectivity index (χ4v) is 4.47. The molecule has 0 fully saturated rings. The second-order valence-electron chi connectivity index (χ2n) is 6.86. The molecule has 29 heavy (non-hydrogen) atoms. The Hall–Kier alpha value is -2.90. The smallest absolute Gasteiger partial charge is 0.261 e. The number of hydrogen-bond acceptors (Lipinski definition) is 6. The lowest BCUT2D eigenvalue weighted by Gasteiger charge is -2.25. The molecule has 4 rings (SSSR count). The summed E-state index contributed by atoms with van der Waals surface area (Å²) >= 11 is 1.54. The number of nitrogens with one attached hydrogen (secondary N) is 1. The van der Waals surface area contributed by atoms with Crippen molar-refractivity contribution in [3.8, 4) is 11.5 Å². The summed E-state index contributed by atoms with van der Waals surface area (Å²) in [5.74, 6) is 0.871. The molecule has 0 unspecified atom stereocenters. The summed E-state index contributed by atoms with van der Waals surface area (Å²) in [6.45, 7) is 2.73. The third-order valence-electron chi connectivity index (χ3n) is 4.93. The zero-order valence-corrected chi connectivity index (χ0v) is 17.3. The van der Waals surface area contributed by atoms with Crippen LogP contribution in [0.3, 0.4) is 0 Å². The van der Waals surface area contributed by atoms with Gasteiger partial charge in [0.2, 0.25) is 0 Å². The highest BCUT2D eigenvalue weighted by molar-refractivity contribution is 7.15. The maximum atomic E-state index is 12.7. The Labute approximate surface area is 174 Å². The third kappa shape index (κ3) is 4.41. The summed E-state index contributed by atoms with van der Waals surface area (Å²) in [6, 6.07) is 15.6. The second kappa shape index (κ2) is 8.63. The number of hydrogen-bond donors (Lipinski definition) is 1. The van der Waals surface area contributed by atoms with Gasteiger partial charge in [0, 0.05) is 37.0 Å². The van der Waals surface area contributed by atoms with E-state index in [0.717, 1.165) is 31.7 Å². The van der Waals surface area contributed by atoms with Crippen molar-refractivity contribution in [3.63, 3.8) is 0 Å². The van der Waals surface area contributed by atoms with Gasteiger partial charge in [-0.1, -0.05) is 30.3 Å². The molecular formula is C22H23N3O3S. The Kier molecular flexibility index (Phi) is 5.78. The molecule has 2 heterocycles. The fourth-order valence-electron chi connectivity index (χ4n) is 3.43. The maximum absolute atomic E-state index is 12.7. The van der Waals surface area contributed by atoms with Crippen LogP contribution in [0.2, 0.25) is 0 Å². The van der Waals surface area contributed by atoms with Gasteiger partial charge < -0.3 is 9.47 Å². The molecule has 0 radical (unpaired) electrons. The van der Waals surface area contributed by atoms with Crippen LogP contribution >= 0.6 is 11.3 Å². The summed E-state index contributed by atoms with van der Waals surface area (Å²) in [7, 11) is 3.12. The Balaban J connectivity index is 1.45. The second-order valence-corrected chi connectivity index (χ2v) is 7.94. The lowest BCUT2D eigenvalue weighted by molar-refractivity contribution is 0.102. The zero-order valence-electron chi connectivity index (χ0n) is 16.5. The highest BCUT2D eigenvalue weighted by Crippen LogP contribution is 2.30. The molecule has 1 aliphatic heterocycles. The van der Waals surface area contributed by atoms with Crippen molar-refractivity contribution in [3.05, 3.63) is 70.2 Å². The molecule has 0 atom stereocenters. The van der Waals surface area contributed by atoms with E-state index >= 15 is 0 Å². The van der Waals surface area contributed by atoms with Crippen LogP contribution in [0.25, 0.3) is 0 Å². The van der Waals surface area contributed by atoms with Crippen LogP contribution in [0.1, 0.15) is 26.5 Å². The van der Waals surface area contributed by atoms with Crippen LogP contribution in [0.4, 0.5) is 5.13 Å². The maximum Gasteiger partial charge on any atom is 0.261 e. The van der Waals surface area contributed by atoms with Gasteiger partial charge in [-0.2, -0.15) is 0 Å². The predicted octanol–water partition coefficient (Wildman–Crippen LogP) is 3.97. The first-order valence-corrected chi connectivity index (χ1v) is 10.3. The third-order valence-corrected chi connectivity index (χ3v) is 5.93. The van der Waals surface area contributed by atoms with Crippen LogP contribution in [0.15, 0.2) is 48.5 Å². The normalized spacial score (nSPS) is 13.6. The van der Waals surface area contributed by atoms with E-state index < -0.39 is 0 Å². The first-order chi connectivity index (χ1) is 14.2. The lowest BCUT2D eigenvalue weighted by Crippen LogP contribution is -2.29. The Morgan fingerprint density at radius 1 is 1.17 bits per heavy atom. The average Bonchev–Trinajstić information content (AvgIpc) is 3.15. The number of thiazole rings is 1. The van der Waals surface area contributed by atoms with Gasteiger partial charge in [0.25, 0.3) is 5.91 Å². The number of methoxy groups -OCH3 is 2. The number of nitrogens with zero attached hydrogens (tertiary/aromatic N) is 2. The summed E-state index contributed by atoms with van der Waals surface area (Å²) in [5, 5.41) is 3.55. The van der Waals surface area contributed by atoms with Crippen molar-refractivity contribution in [1.82, 2.24) is 9.88 Å². The summed E-state index contributed by atoms with van der Waals surface area (Å²) in [6.07, 6.45) is 0.889. The number of aromatic nitrogens is 1. The number of fused-ring (bicyclic) bond motifs is 1. The van der Waals surface area contributed by atoms with E-state index in [1.54, 1.807) is 36.6 Å². The van der Waals surface area contributed by atoms with Crippen LogP contribution < -0.4 is 14.8 Å². The monoisotopic (exact) mass is 409 g/mol. The zero-order chi connectivity index (χ0) is 20.2. The van der Waals surface area contributed by atoms with Crippen LogP contribution in [0.5, 0.6) is 11.5 Å². The van der Waals surface area contributed by atoms with Gasteiger partial charge in [-0.25, -0.2) is 4.98 Å². The number of anilines is 1. The van der Waals surface area contributed by atoms with Gasteiger partial charge in [0.15, 0.2) is 5.13 Å². The van der Waals surface area contributed by atoms with E-state index in [0.29, 0.717) is 22.2 Å². The van der Waals surface area contributed by atoms with Crippen molar-refractivity contribution in [1.29, 1.82) is 0 Å². The molecule has 1 N–H and O–H groups in total. The number of ether oxygens (including phenoxy) is 2. The number of carbonyl (C=O) groups excluding carboxylic acids is 1. The van der Waals surface area contributed by atoms with Crippen LogP contribution in [-0.4, -0.2) is 36.6 Å². The van der Waals surface area contributed by atoms with E-state index in [4.69, 9.17) is 9.47 Å². The molecule has 0 aliphatic carbocycles. The quantitative estimate of drug-likeness (QED) is 0.667. The van der Waals surface area contributed by atoms with E-state index in [1.807, 2.05) is 6.07 Å². The highest BCUT2D eigenvalue weighted by atomic mass is 32.1. The first-order valence-electron chi connectivity index (χ1n) is 9.44. The van der Waals surface area contributed by atoms with Gasteiger partial charge in [0.1, 0.15) is 11.5 Å². The summed E-state index contributed by atoms with van der Waals surface area (Å²) in [5.41, 5.74) is 2.84. The van der Waals surface area contributed by atoms with Gasteiger partial charge in [-0.15, -0.1) is 11.3 Å². The fraction of sp³-hybridized carbons (Fsp3) is 0.273. The van der Waals surface area contributed by atoms with E-state index in [2.05, 4.69) is 39.5 Å². The van der Waals surface area contributed by atoms with Crippen molar-refractivity contribution in [2.75, 3.05) is 26.1 Å².